The van der Waals surface area contributed by atoms with E-state index in [0.29, 0.717) is 11.5 Å². The first kappa shape index (κ1) is 33.5. The summed E-state index contributed by atoms with van der Waals surface area (Å²) < 4.78 is 17.7. The van der Waals surface area contributed by atoms with Gasteiger partial charge in [0, 0.05) is 5.41 Å². The molecule has 42 heavy (non-hydrogen) atoms. The van der Waals surface area contributed by atoms with E-state index in [0.717, 1.165) is 23.9 Å². The maximum atomic E-state index is 10.6. The minimum atomic E-state index is -1.51. The normalized spacial score (nSPS) is 30.2. The Bertz CT molecular complexity index is 1230. The molecule has 0 radical (unpaired) electrons. The molecule has 8 nitrogen and oxygen atoms in total. The molecule has 1 aliphatic heterocycles. The van der Waals surface area contributed by atoms with Crippen LogP contribution in [0.4, 0.5) is 0 Å². The van der Waals surface area contributed by atoms with Crippen LogP contribution in [-0.4, -0.2) is 70.1 Å². The summed E-state index contributed by atoms with van der Waals surface area (Å²) in [5.41, 5.74) is 4.17. The van der Waals surface area contributed by atoms with Crippen LogP contribution in [0.5, 0.6) is 11.5 Å². The first-order valence-electron chi connectivity index (χ1n) is 14.3. The number of hydrogen-bond acceptors (Lipinski definition) is 8. The molecule has 0 spiro atoms. The van der Waals surface area contributed by atoms with Crippen molar-refractivity contribution in [1.82, 2.24) is 0 Å². The van der Waals surface area contributed by atoms with E-state index in [1.807, 2.05) is 32.1 Å². The van der Waals surface area contributed by atoms with Crippen molar-refractivity contribution in [3.8, 4) is 11.5 Å². The molecule has 1 aromatic carbocycles. The molecule has 0 bridgehead atoms. The van der Waals surface area contributed by atoms with E-state index in [1.165, 1.54) is 17.2 Å². The molecule has 230 valence electrons. The van der Waals surface area contributed by atoms with Crippen molar-refractivity contribution in [3.63, 3.8) is 0 Å². The second kappa shape index (κ2) is 14.0. The van der Waals surface area contributed by atoms with Crippen LogP contribution in [0.3, 0.4) is 0 Å². The van der Waals surface area contributed by atoms with Crippen molar-refractivity contribution in [1.29, 1.82) is 0 Å². The highest BCUT2D eigenvalue weighted by Gasteiger charge is 2.46. The summed E-state index contributed by atoms with van der Waals surface area (Å²) in [4.78, 5) is 10.6. The number of carbonyl (C=O) groups excluding carboxylic acids is 1. The van der Waals surface area contributed by atoms with Gasteiger partial charge in [0.15, 0.2) is 0 Å². The Hall–Kier alpha value is -3.01. The lowest BCUT2D eigenvalue weighted by Crippen LogP contribution is -2.60. The minimum absolute atomic E-state index is 0.0889. The zero-order chi connectivity index (χ0) is 31.2. The lowest BCUT2D eigenvalue weighted by molar-refractivity contribution is -0.277. The van der Waals surface area contributed by atoms with Crippen molar-refractivity contribution in [2.24, 2.45) is 10.8 Å². The predicted molar refractivity (Wildman–Crippen MR) is 162 cm³/mol. The third-order valence-electron chi connectivity index (χ3n) is 8.37. The first-order valence-corrected chi connectivity index (χ1v) is 14.3. The monoisotopic (exact) mass is 582 g/mol. The van der Waals surface area contributed by atoms with Gasteiger partial charge in [0.25, 0.3) is 0 Å². The number of carbonyl (C=O) groups is 1. The Kier molecular flexibility index (Phi) is 11.1. The first-order chi connectivity index (χ1) is 19.7. The Morgan fingerprint density at radius 2 is 1.52 bits per heavy atom. The van der Waals surface area contributed by atoms with Crippen LogP contribution in [0.1, 0.15) is 54.9 Å². The topological polar surface area (TPSA) is 126 Å². The minimum Gasteiger partial charge on any atom is -0.490 e. The predicted octanol–water partition coefficient (Wildman–Crippen LogP) is 4.59. The van der Waals surface area contributed by atoms with E-state index in [1.54, 1.807) is 24.3 Å². The zero-order valence-electron chi connectivity index (χ0n) is 25.7. The summed E-state index contributed by atoms with van der Waals surface area (Å²) >= 11 is 0. The lowest BCUT2D eigenvalue weighted by Gasteiger charge is -2.47. The maximum Gasteiger partial charge on any atom is 0.229 e. The molecule has 1 unspecified atom stereocenters. The molecule has 1 fully saturated rings. The molecule has 1 saturated heterocycles. The molecule has 2 aliphatic rings. The molecule has 1 aromatic rings. The van der Waals surface area contributed by atoms with Crippen LogP contribution in [0.25, 0.3) is 0 Å². The van der Waals surface area contributed by atoms with Gasteiger partial charge in [0.05, 0.1) is 6.61 Å². The fourth-order valence-electron chi connectivity index (χ4n) is 5.31. The summed E-state index contributed by atoms with van der Waals surface area (Å²) in [6.45, 7) is 14.4. The molecular weight excluding hydrogens is 536 g/mol. The second-order valence-electron chi connectivity index (χ2n) is 12.4. The third kappa shape index (κ3) is 7.88. The molecule has 4 N–H and O–H groups in total. The van der Waals surface area contributed by atoms with Crippen LogP contribution < -0.4 is 9.47 Å². The Morgan fingerprint density at radius 1 is 0.929 bits per heavy atom. The van der Waals surface area contributed by atoms with Crippen molar-refractivity contribution in [2.45, 2.75) is 91.7 Å². The Labute approximate surface area is 249 Å². The summed E-state index contributed by atoms with van der Waals surface area (Å²) in [7, 11) is 0. The molecule has 1 heterocycles. The van der Waals surface area contributed by atoms with E-state index in [9.17, 15) is 25.2 Å². The van der Waals surface area contributed by atoms with Crippen molar-refractivity contribution in [3.05, 3.63) is 83.0 Å². The highest BCUT2D eigenvalue weighted by Crippen LogP contribution is 2.50. The summed E-state index contributed by atoms with van der Waals surface area (Å²) in [6.07, 6.45) is 6.50. The van der Waals surface area contributed by atoms with Gasteiger partial charge in [0.1, 0.15) is 48.3 Å². The van der Waals surface area contributed by atoms with Gasteiger partial charge in [-0.1, -0.05) is 69.2 Å². The van der Waals surface area contributed by atoms with Crippen molar-refractivity contribution < 1.29 is 39.4 Å². The summed E-state index contributed by atoms with van der Waals surface area (Å²) in [6, 6.07) is 6.94. The van der Waals surface area contributed by atoms with E-state index in [-0.39, 0.29) is 16.9 Å². The third-order valence-corrected chi connectivity index (χ3v) is 8.37. The number of allylic oxidation sites excluding steroid dienone is 9. The molecule has 6 atom stereocenters. The number of aldehydes is 1. The molecule has 0 saturated carbocycles. The zero-order valence-corrected chi connectivity index (χ0v) is 25.7. The van der Waals surface area contributed by atoms with Gasteiger partial charge in [-0.25, -0.2) is 0 Å². The van der Waals surface area contributed by atoms with E-state index in [4.69, 9.17) is 14.2 Å². The standard InChI is InChI=1S/C34H46O8/c1-21(9-8-10-22(2)17-18-35)11-16-26-23(3)34(6,7)28(19-33(26,4)5)40-24-12-14-25(15-13-24)41-32-31(39)30(38)29(37)27(20-36)42-32/h8-18,27-32,36-39H,19-20H2,1-7H3/b10-8+,16-11+,21-9+,22-17+/t27-,28?,29-,30+,31-,32-/m1/s1. The highest BCUT2D eigenvalue weighted by atomic mass is 16.7. The maximum absolute atomic E-state index is 10.6. The SMILES string of the molecule is CC1=C(/C=C/C(C)=C/C=C/C(C)=C/C=O)C(C)(C)CC(Oc2ccc(O[C@@H]3O[C@H](CO)[C@@H](O)[C@H](O)[C@H]3O)cc2)C1(C)C. The molecule has 1 aliphatic carbocycles. The van der Waals surface area contributed by atoms with Gasteiger partial charge in [0.2, 0.25) is 6.29 Å². The number of hydrogen-bond donors (Lipinski definition) is 4. The van der Waals surface area contributed by atoms with E-state index >= 15 is 0 Å². The quantitative estimate of drug-likeness (QED) is 0.179. The molecule has 0 amide bonds. The van der Waals surface area contributed by atoms with Crippen LogP contribution in [-0.2, 0) is 9.53 Å². The fourth-order valence-corrected chi connectivity index (χ4v) is 5.31. The second-order valence-corrected chi connectivity index (χ2v) is 12.4. The Morgan fingerprint density at radius 3 is 2.12 bits per heavy atom. The Balaban J connectivity index is 1.72. The van der Waals surface area contributed by atoms with Gasteiger partial charge in [-0.3, -0.25) is 4.79 Å². The van der Waals surface area contributed by atoms with Crippen LogP contribution in [0.15, 0.2) is 83.0 Å². The van der Waals surface area contributed by atoms with E-state index < -0.39 is 37.3 Å². The van der Waals surface area contributed by atoms with Gasteiger partial charge >= 0.3 is 0 Å². The molecule has 3 rings (SSSR count). The fraction of sp³-hybridized carbons (Fsp3) is 0.500. The number of benzene rings is 1. The molecule has 0 aromatic heterocycles. The number of aliphatic hydroxyl groups is 4. The van der Waals surface area contributed by atoms with Crippen molar-refractivity contribution >= 4 is 6.29 Å². The van der Waals surface area contributed by atoms with Crippen molar-refractivity contribution in [2.75, 3.05) is 6.61 Å². The van der Waals surface area contributed by atoms with Gasteiger partial charge in [-0.05, 0) is 74.1 Å². The van der Waals surface area contributed by atoms with Gasteiger partial charge in [-0.15, -0.1) is 0 Å². The summed E-state index contributed by atoms with van der Waals surface area (Å²) in [5, 5.41) is 39.7. The van der Waals surface area contributed by atoms with Crippen LogP contribution in [0.2, 0.25) is 0 Å². The lowest BCUT2D eigenvalue weighted by atomic mass is 9.61. The summed E-state index contributed by atoms with van der Waals surface area (Å²) in [5.74, 6) is 1.05. The number of rotatable bonds is 10. The number of ether oxygens (including phenoxy) is 3. The van der Waals surface area contributed by atoms with Gasteiger partial charge in [-0.2, -0.15) is 0 Å². The van der Waals surface area contributed by atoms with Gasteiger partial charge < -0.3 is 34.6 Å². The average Bonchev–Trinajstić information content (AvgIpc) is 2.93. The number of aliphatic hydroxyl groups excluding tert-OH is 4. The molecule has 8 heteroatoms. The average molecular weight is 583 g/mol. The molecular formula is C34H46O8. The van der Waals surface area contributed by atoms with E-state index in [2.05, 4.69) is 46.8 Å². The highest BCUT2D eigenvalue weighted by molar-refractivity contribution is 5.67. The smallest absolute Gasteiger partial charge is 0.229 e. The largest absolute Gasteiger partial charge is 0.490 e. The van der Waals surface area contributed by atoms with Crippen LogP contribution in [0, 0.1) is 10.8 Å². The van der Waals surface area contributed by atoms with Crippen LogP contribution >= 0.6 is 0 Å².